The van der Waals surface area contributed by atoms with Gasteiger partial charge in [0.25, 0.3) is 0 Å². The number of benzene rings is 1. The Morgan fingerprint density at radius 2 is 1.89 bits per heavy atom. The van der Waals surface area contributed by atoms with Crippen molar-refractivity contribution in [1.82, 2.24) is 15.5 Å². The van der Waals surface area contributed by atoms with Crippen molar-refractivity contribution >= 4 is 11.7 Å². The second-order valence-electron chi connectivity index (χ2n) is 7.86. The molecule has 7 heteroatoms. The van der Waals surface area contributed by atoms with E-state index in [0.717, 1.165) is 51.1 Å². The molecule has 2 fully saturated rings. The molecule has 0 aliphatic carbocycles. The predicted molar refractivity (Wildman–Crippen MR) is 103 cm³/mol. The molecule has 1 aromatic rings. The standard InChI is InChI=1S/C20H30F2N4O/c1-15-4-8-25(9-5-15)11-7-23-20(27)24-13-16-6-10-26(14-16)17-2-3-18(21)19(22)12-17/h2-3,12,15-16H,4-11,13-14H2,1H3,(H2,23,24,27)/t16-/m0/s1. The van der Waals surface area contributed by atoms with Gasteiger partial charge in [-0.25, -0.2) is 13.6 Å². The highest BCUT2D eigenvalue weighted by molar-refractivity contribution is 5.73. The Hall–Kier alpha value is -1.89. The highest BCUT2D eigenvalue weighted by Crippen LogP contribution is 2.25. The van der Waals surface area contributed by atoms with Crippen molar-refractivity contribution in [3.05, 3.63) is 29.8 Å². The zero-order valence-corrected chi connectivity index (χ0v) is 16.0. The summed E-state index contributed by atoms with van der Waals surface area (Å²) < 4.78 is 26.4. The molecule has 0 radical (unpaired) electrons. The Morgan fingerprint density at radius 1 is 1.11 bits per heavy atom. The van der Waals surface area contributed by atoms with Gasteiger partial charge in [-0.1, -0.05) is 6.92 Å². The number of amides is 2. The summed E-state index contributed by atoms with van der Waals surface area (Å²) in [5.41, 5.74) is 0.691. The maximum Gasteiger partial charge on any atom is 0.314 e. The lowest BCUT2D eigenvalue weighted by Gasteiger charge is -2.30. The van der Waals surface area contributed by atoms with Crippen LogP contribution in [0, 0.1) is 23.5 Å². The third-order valence-electron chi connectivity index (χ3n) is 5.70. The number of urea groups is 1. The molecule has 0 aromatic heterocycles. The van der Waals surface area contributed by atoms with E-state index in [1.807, 2.05) is 4.90 Å². The van der Waals surface area contributed by atoms with Crippen LogP contribution >= 0.6 is 0 Å². The average molecular weight is 380 g/mol. The average Bonchev–Trinajstić information content (AvgIpc) is 3.13. The van der Waals surface area contributed by atoms with Crippen molar-refractivity contribution in [2.75, 3.05) is 50.7 Å². The number of anilines is 1. The van der Waals surface area contributed by atoms with Crippen LogP contribution in [0.1, 0.15) is 26.2 Å². The van der Waals surface area contributed by atoms with Crippen molar-refractivity contribution in [2.45, 2.75) is 26.2 Å². The number of piperidine rings is 1. The van der Waals surface area contributed by atoms with Gasteiger partial charge in [0.15, 0.2) is 11.6 Å². The van der Waals surface area contributed by atoms with E-state index in [-0.39, 0.29) is 6.03 Å². The molecule has 2 saturated heterocycles. The number of rotatable bonds is 6. The summed E-state index contributed by atoms with van der Waals surface area (Å²) in [4.78, 5) is 16.4. The number of nitrogens with one attached hydrogen (secondary N) is 2. The van der Waals surface area contributed by atoms with Gasteiger partial charge >= 0.3 is 6.03 Å². The molecule has 2 amide bonds. The van der Waals surface area contributed by atoms with Gasteiger partial charge in [-0.2, -0.15) is 0 Å². The molecule has 2 heterocycles. The van der Waals surface area contributed by atoms with Crippen molar-refractivity contribution < 1.29 is 13.6 Å². The number of likely N-dealkylation sites (tertiary alicyclic amines) is 1. The third kappa shape index (κ3) is 5.79. The van der Waals surface area contributed by atoms with Gasteiger partial charge in [-0.05, 0) is 56.3 Å². The van der Waals surface area contributed by atoms with Crippen LogP contribution in [-0.2, 0) is 0 Å². The van der Waals surface area contributed by atoms with Crippen molar-refractivity contribution in [1.29, 1.82) is 0 Å². The minimum Gasteiger partial charge on any atom is -0.371 e. The lowest BCUT2D eigenvalue weighted by Crippen LogP contribution is -2.43. The van der Waals surface area contributed by atoms with Gasteiger partial charge in [0, 0.05) is 44.5 Å². The summed E-state index contributed by atoms with van der Waals surface area (Å²) in [6.07, 6.45) is 3.40. The van der Waals surface area contributed by atoms with Gasteiger partial charge in [0.05, 0.1) is 0 Å². The fourth-order valence-corrected chi connectivity index (χ4v) is 3.83. The van der Waals surface area contributed by atoms with Crippen LogP contribution in [0.3, 0.4) is 0 Å². The van der Waals surface area contributed by atoms with Crippen molar-refractivity contribution in [2.24, 2.45) is 11.8 Å². The molecule has 3 rings (SSSR count). The summed E-state index contributed by atoms with van der Waals surface area (Å²) in [7, 11) is 0. The minimum absolute atomic E-state index is 0.133. The summed E-state index contributed by atoms with van der Waals surface area (Å²) in [5, 5.41) is 5.86. The Labute approximate surface area is 160 Å². The van der Waals surface area contributed by atoms with E-state index >= 15 is 0 Å². The summed E-state index contributed by atoms with van der Waals surface area (Å²) >= 11 is 0. The Bertz CT molecular complexity index is 634. The molecule has 1 aromatic carbocycles. The third-order valence-corrected chi connectivity index (χ3v) is 5.70. The number of hydrogen-bond donors (Lipinski definition) is 2. The first-order chi connectivity index (χ1) is 13.0. The second-order valence-corrected chi connectivity index (χ2v) is 7.86. The van der Waals surface area contributed by atoms with Crippen molar-refractivity contribution in [3.63, 3.8) is 0 Å². The quantitative estimate of drug-likeness (QED) is 0.798. The van der Waals surface area contributed by atoms with Crippen LogP contribution < -0.4 is 15.5 Å². The SMILES string of the molecule is CC1CCN(CCNC(=O)NC[C@@H]2CCN(c3ccc(F)c(F)c3)C2)CC1. The summed E-state index contributed by atoms with van der Waals surface area (Å²) in [6.45, 7) is 8.19. The maximum atomic E-state index is 13.4. The molecule has 5 nitrogen and oxygen atoms in total. The van der Waals surface area contributed by atoms with Gasteiger partial charge in [0.1, 0.15) is 0 Å². The Balaban J connectivity index is 1.32. The normalized spacial score (nSPS) is 21.4. The molecule has 150 valence electrons. The number of hydrogen-bond acceptors (Lipinski definition) is 3. The minimum atomic E-state index is -0.827. The first kappa shape index (κ1) is 19.9. The first-order valence-electron chi connectivity index (χ1n) is 9.95. The van der Waals surface area contributed by atoms with Gasteiger partial charge < -0.3 is 20.4 Å². The highest BCUT2D eigenvalue weighted by atomic mass is 19.2. The van der Waals surface area contributed by atoms with Crippen LogP contribution in [0.2, 0.25) is 0 Å². The lowest BCUT2D eigenvalue weighted by atomic mass is 9.99. The van der Waals surface area contributed by atoms with E-state index in [9.17, 15) is 13.6 Å². The highest BCUT2D eigenvalue weighted by Gasteiger charge is 2.24. The van der Waals surface area contributed by atoms with Gasteiger partial charge in [-0.15, -0.1) is 0 Å². The molecule has 2 aliphatic rings. The number of carbonyl (C=O) groups excluding carboxylic acids is 1. The zero-order chi connectivity index (χ0) is 19.2. The lowest BCUT2D eigenvalue weighted by molar-refractivity contribution is 0.191. The zero-order valence-electron chi connectivity index (χ0n) is 16.0. The fraction of sp³-hybridized carbons (Fsp3) is 0.650. The Kier molecular flexibility index (Phi) is 6.88. The first-order valence-corrected chi connectivity index (χ1v) is 9.95. The Morgan fingerprint density at radius 3 is 2.63 bits per heavy atom. The molecule has 0 saturated carbocycles. The molecular weight excluding hydrogens is 350 g/mol. The topological polar surface area (TPSA) is 47.6 Å². The molecule has 27 heavy (non-hydrogen) atoms. The summed E-state index contributed by atoms with van der Waals surface area (Å²) in [6, 6.07) is 3.86. The molecule has 0 bridgehead atoms. The molecule has 0 unspecified atom stereocenters. The molecular formula is C20H30F2N4O. The molecule has 1 atom stereocenters. The largest absolute Gasteiger partial charge is 0.371 e. The molecule has 2 N–H and O–H groups in total. The van der Waals surface area contributed by atoms with E-state index in [0.29, 0.717) is 24.7 Å². The van der Waals surface area contributed by atoms with E-state index in [4.69, 9.17) is 0 Å². The monoisotopic (exact) mass is 380 g/mol. The van der Waals surface area contributed by atoms with Crippen molar-refractivity contribution in [3.8, 4) is 0 Å². The van der Waals surface area contributed by atoms with E-state index < -0.39 is 11.6 Å². The van der Waals surface area contributed by atoms with E-state index in [1.54, 1.807) is 6.07 Å². The van der Waals surface area contributed by atoms with E-state index in [2.05, 4.69) is 22.5 Å². The van der Waals surface area contributed by atoms with Gasteiger partial charge in [0.2, 0.25) is 0 Å². The van der Waals surface area contributed by atoms with Crippen LogP contribution in [-0.4, -0.2) is 56.7 Å². The molecule has 0 spiro atoms. The predicted octanol–water partition coefficient (Wildman–Crippen LogP) is 2.82. The molecule has 2 aliphatic heterocycles. The number of nitrogens with zero attached hydrogens (tertiary/aromatic N) is 2. The van der Waals surface area contributed by atoms with Gasteiger partial charge in [-0.3, -0.25) is 0 Å². The van der Waals surface area contributed by atoms with E-state index in [1.165, 1.54) is 18.9 Å². The van der Waals surface area contributed by atoms with Crippen LogP contribution in [0.5, 0.6) is 0 Å². The number of carbonyl (C=O) groups is 1. The summed E-state index contributed by atoms with van der Waals surface area (Å²) in [5.74, 6) is -0.522. The van der Waals surface area contributed by atoms with Crippen LogP contribution in [0.15, 0.2) is 18.2 Å². The fourth-order valence-electron chi connectivity index (χ4n) is 3.83. The van der Waals surface area contributed by atoms with Crippen LogP contribution in [0.25, 0.3) is 0 Å². The van der Waals surface area contributed by atoms with Crippen LogP contribution in [0.4, 0.5) is 19.3 Å². The second kappa shape index (κ2) is 9.35. The smallest absolute Gasteiger partial charge is 0.314 e. The maximum absolute atomic E-state index is 13.4. The number of halogens is 2.